The van der Waals surface area contributed by atoms with E-state index in [2.05, 4.69) is 72.5 Å². The van der Waals surface area contributed by atoms with E-state index in [1.807, 2.05) is 12.1 Å². The number of nitrogens with two attached hydrogens (primary N) is 1. The van der Waals surface area contributed by atoms with Gasteiger partial charge in [-0.05, 0) is 59.8 Å². The molecule has 4 atom stereocenters. The molecule has 0 aromatic heterocycles. The molecule has 2 aliphatic heterocycles. The van der Waals surface area contributed by atoms with Gasteiger partial charge in [0.1, 0.15) is 0 Å². The van der Waals surface area contributed by atoms with Crippen molar-refractivity contribution in [3.8, 4) is 11.1 Å². The smallest absolute Gasteiger partial charge is 0.184 e. The number of aliphatic hydroxyl groups is 1. The van der Waals surface area contributed by atoms with E-state index >= 15 is 0 Å². The Morgan fingerprint density at radius 2 is 1.56 bits per heavy atom. The van der Waals surface area contributed by atoms with Gasteiger partial charge < -0.3 is 25.2 Å². The predicted molar refractivity (Wildman–Crippen MR) is 143 cm³/mol. The Balaban J connectivity index is 1.39. The van der Waals surface area contributed by atoms with Crippen LogP contribution in [-0.2, 0) is 22.6 Å². The molecule has 0 spiro atoms. The molecule has 2 fully saturated rings. The highest BCUT2D eigenvalue weighted by atomic mass is 16.7. The fraction of sp³-hybridized carbons (Fsp3) is 0.419. The van der Waals surface area contributed by atoms with E-state index < -0.39 is 6.29 Å². The molecular weight excluding hydrogens is 448 g/mol. The molecule has 3 aromatic rings. The third kappa shape index (κ3) is 5.72. The standard InChI is InChI=1S/C31H38N2O3/c1-22-29(20-33-16-3-2-4-17-33)35-31(36-30(22)26-10-8-23(21-34)9-11-26)27-14-12-25(13-15-27)28-7-5-6-24(18-28)19-32/h5-15,18,22,29-31,34H,2-4,16-17,19-21,32H2,1H3. The quantitative estimate of drug-likeness (QED) is 0.456. The van der Waals surface area contributed by atoms with Crippen molar-refractivity contribution in [3.63, 3.8) is 0 Å². The average Bonchev–Trinajstić information content (AvgIpc) is 2.95. The molecule has 190 valence electrons. The molecular formula is C31H38N2O3. The summed E-state index contributed by atoms with van der Waals surface area (Å²) in [7, 11) is 0. The van der Waals surface area contributed by atoms with E-state index in [0.717, 1.165) is 53.0 Å². The first-order valence-electron chi connectivity index (χ1n) is 13.3. The first-order chi connectivity index (χ1) is 17.6. The molecule has 2 saturated heterocycles. The summed E-state index contributed by atoms with van der Waals surface area (Å²) in [4.78, 5) is 2.55. The number of aliphatic hydroxyl groups excluding tert-OH is 1. The summed E-state index contributed by atoms with van der Waals surface area (Å²) in [5.74, 6) is 0.210. The van der Waals surface area contributed by atoms with Gasteiger partial charge in [0.25, 0.3) is 0 Å². The van der Waals surface area contributed by atoms with Crippen molar-refractivity contribution < 1.29 is 14.6 Å². The van der Waals surface area contributed by atoms with E-state index in [1.165, 1.54) is 19.3 Å². The molecule has 5 heteroatoms. The van der Waals surface area contributed by atoms with Crippen LogP contribution in [0.5, 0.6) is 0 Å². The van der Waals surface area contributed by atoms with E-state index in [9.17, 15) is 5.11 Å². The number of hydrogen-bond donors (Lipinski definition) is 2. The second kappa shape index (κ2) is 11.7. The van der Waals surface area contributed by atoms with Crippen LogP contribution in [0.15, 0.2) is 72.8 Å². The number of piperidine rings is 1. The van der Waals surface area contributed by atoms with Gasteiger partial charge in [0.05, 0.1) is 18.8 Å². The van der Waals surface area contributed by atoms with Crippen LogP contribution >= 0.6 is 0 Å². The van der Waals surface area contributed by atoms with Crippen LogP contribution in [0.25, 0.3) is 11.1 Å². The van der Waals surface area contributed by atoms with Gasteiger partial charge in [-0.25, -0.2) is 0 Å². The monoisotopic (exact) mass is 486 g/mol. The topological polar surface area (TPSA) is 68.0 Å². The van der Waals surface area contributed by atoms with E-state index in [1.54, 1.807) is 0 Å². The largest absolute Gasteiger partial charge is 0.392 e. The zero-order valence-corrected chi connectivity index (χ0v) is 21.2. The molecule has 5 nitrogen and oxygen atoms in total. The van der Waals surface area contributed by atoms with Gasteiger partial charge in [-0.15, -0.1) is 0 Å². The first kappa shape index (κ1) is 25.1. The molecule has 3 N–H and O–H groups in total. The Hall–Kier alpha value is -2.54. The SMILES string of the molecule is CC1C(CN2CCCCC2)OC(c2ccc(-c3cccc(CN)c3)cc2)OC1c1ccc(CO)cc1. The second-order valence-electron chi connectivity index (χ2n) is 10.2. The van der Waals surface area contributed by atoms with Gasteiger partial charge in [-0.1, -0.05) is 80.1 Å². The number of nitrogens with zero attached hydrogens (tertiary/aromatic N) is 1. The maximum atomic E-state index is 9.48. The van der Waals surface area contributed by atoms with Gasteiger partial charge in [-0.2, -0.15) is 0 Å². The van der Waals surface area contributed by atoms with E-state index in [-0.39, 0.29) is 24.7 Å². The van der Waals surface area contributed by atoms with Crippen LogP contribution in [0.4, 0.5) is 0 Å². The maximum absolute atomic E-state index is 9.48. The third-order valence-corrected chi connectivity index (χ3v) is 7.69. The summed E-state index contributed by atoms with van der Waals surface area (Å²) in [5, 5.41) is 9.48. The predicted octanol–water partition coefficient (Wildman–Crippen LogP) is 5.58. The van der Waals surface area contributed by atoms with Crippen molar-refractivity contribution >= 4 is 0 Å². The number of hydrogen-bond acceptors (Lipinski definition) is 5. The minimum atomic E-state index is -0.428. The second-order valence-corrected chi connectivity index (χ2v) is 10.2. The third-order valence-electron chi connectivity index (χ3n) is 7.69. The minimum Gasteiger partial charge on any atom is -0.392 e. The van der Waals surface area contributed by atoms with Gasteiger partial charge in [0.2, 0.25) is 0 Å². The Bertz CT molecular complexity index is 1110. The molecule has 0 saturated carbocycles. The molecule has 0 bridgehead atoms. The summed E-state index contributed by atoms with van der Waals surface area (Å²) < 4.78 is 13.3. The number of ether oxygens (including phenoxy) is 2. The van der Waals surface area contributed by atoms with Crippen LogP contribution in [-0.4, -0.2) is 35.7 Å². The Morgan fingerprint density at radius 3 is 2.25 bits per heavy atom. The highest BCUT2D eigenvalue weighted by molar-refractivity contribution is 5.64. The lowest BCUT2D eigenvalue weighted by atomic mass is 9.89. The van der Waals surface area contributed by atoms with Gasteiger partial charge in [0, 0.05) is 24.6 Å². The summed E-state index contributed by atoms with van der Waals surface area (Å²) in [6, 6.07) is 25.0. The summed E-state index contributed by atoms with van der Waals surface area (Å²) in [6.07, 6.45) is 3.42. The highest BCUT2D eigenvalue weighted by Crippen LogP contribution is 2.42. The van der Waals surface area contributed by atoms with Crippen LogP contribution in [0.1, 0.15) is 60.8 Å². The highest BCUT2D eigenvalue weighted by Gasteiger charge is 2.39. The van der Waals surface area contributed by atoms with Gasteiger partial charge >= 0.3 is 0 Å². The lowest BCUT2D eigenvalue weighted by molar-refractivity contribution is -0.276. The Kier molecular flexibility index (Phi) is 8.15. The average molecular weight is 487 g/mol. The van der Waals surface area contributed by atoms with E-state index in [4.69, 9.17) is 15.2 Å². The number of rotatable bonds is 7. The maximum Gasteiger partial charge on any atom is 0.184 e. The lowest BCUT2D eigenvalue weighted by Gasteiger charge is -2.43. The van der Waals surface area contributed by atoms with Crippen molar-refractivity contribution in [2.24, 2.45) is 11.7 Å². The number of benzene rings is 3. The molecule has 5 rings (SSSR count). The molecule has 36 heavy (non-hydrogen) atoms. The fourth-order valence-corrected chi connectivity index (χ4v) is 5.44. The van der Waals surface area contributed by atoms with Crippen LogP contribution in [0.3, 0.4) is 0 Å². The van der Waals surface area contributed by atoms with Crippen LogP contribution in [0, 0.1) is 5.92 Å². The zero-order chi connectivity index (χ0) is 24.9. The molecule has 0 radical (unpaired) electrons. The van der Waals surface area contributed by atoms with Crippen LogP contribution in [0.2, 0.25) is 0 Å². The zero-order valence-electron chi connectivity index (χ0n) is 21.2. The van der Waals surface area contributed by atoms with Crippen LogP contribution < -0.4 is 5.73 Å². The molecule has 4 unspecified atom stereocenters. The van der Waals surface area contributed by atoms with E-state index in [0.29, 0.717) is 6.54 Å². The van der Waals surface area contributed by atoms with Crippen molar-refractivity contribution in [2.45, 2.75) is 57.8 Å². The van der Waals surface area contributed by atoms with Gasteiger partial charge in [0.15, 0.2) is 6.29 Å². The summed E-state index contributed by atoms with van der Waals surface area (Å²) in [5.41, 5.74) is 12.3. The van der Waals surface area contributed by atoms with Crippen molar-refractivity contribution in [3.05, 3.63) is 95.1 Å². The Labute approximate surface area is 214 Å². The molecule has 2 heterocycles. The summed E-state index contributed by atoms with van der Waals surface area (Å²) >= 11 is 0. The van der Waals surface area contributed by atoms with Crippen molar-refractivity contribution in [1.82, 2.24) is 4.90 Å². The van der Waals surface area contributed by atoms with Gasteiger partial charge in [-0.3, -0.25) is 0 Å². The number of likely N-dealkylation sites (tertiary alicyclic amines) is 1. The molecule has 0 aliphatic carbocycles. The summed E-state index contributed by atoms with van der Waals surface area (Å²) in [6.45, 7) is 6.03. The normalized spacial score (nSPS) is 25.1. The molecule has 2 aliphatic rings. The van der Waals surface area contributed by atoms with Crippen molar-refractivity contribution in [1.29, 1.82) is 0 Å². The minimum absolute atomic E-state index is 0.0468. The lowest BCUT2D eigenvalue weighted by Crippen LogP contribution is -2.45. The first-order valence-corrected chi connectivity index (χ1v) is 13.3. The molecule has 0 amide bonds. The fourth-order valence-electron chi connectivity index (χ4n) is 5.44. The molecule has 3 aromatic carbocycles. The van der Waals surface area contributed by atoms with Crippen molar-refractivity contribution in [2.75, 3.05) is 19.6 Å². The Morgan fingerprint density at radius 1 is 0.833 bits per heavy atom.